The summed E-state index contributed by atoms with van der Waals surface area (Å²) in [7, 11) is -1.36. The van der Waals surface area contributed by atoms with Crippen molar-refractivity contribution < 1.29 is 13.2 Å². The lowest BCUT2D eigenvalue weighted by Crippen LogP contribution is -2.48. The largest absolute Gasteiger partial charge is 0.354 e. The fourth-order valence-corrected chi connectivity index (χ4v) is 3.65. The Morgan fingerprint density at radius 1 is 1.30 bits per heavy atom. The molecule has 1 unspecified atom stereocenters. The lowest BCUT2D eigenvalue weighted by atomic mass is 10.00. The van der Waals surface area contributed by atoms with Gasteiger partial charge >= 0.3 is 0 Å². The van der Waals surface area contributed by atoms with E-state index in [1.165, 1.54) is 17.4 Å². The molecular weight excluding hydrogens is 479 g/mol. The molecule has 1 aliphatic heterocycles. The van der Waals surface area contributed by atoms with E-state index < -0.39 is 9.84 Å². The average Bonchev–Trinajstić information content (AvgIpc) is 2.62. The zero-order chi connectivity index (χ0) is 19.2. The average molecular weight is 508 g/mol. The lowest BCUT2D eigenvalue weighted by molar-refractivity contribution is -0.130. The third-order valence-corrected chi connectivity index (χ3v) is 5.40. The van der Waals surface area contributed by atoms with Crippen molar-refractivity contribution in [1.29, 1.82) is 0 Å². The monoisotopic (exact) mass is 508 g/mol. The van der Waals surface area contributed by atoms with E-state index in [1.54, 1.807) is 7.05 Å². The zero-order valence-electron chi connectivity index (χ0n) is 16.1. The molecule has 1 aromatic carbocycles. The second-order valence-corrected chi connectivity index (χ2v) is 8.98. The van der Waals surface area contributed by atoms with Crippen LogP contribution in [0, 0.1) is 0 Å². The quantitative estimate of drug-likeness (QED) is 0.342. The number of nitrogens with zero attached hydrogens (tertiary/aromatic N) is 2. The molecule has 0 fully saturated rings. The smallest absolute Gasteiger partial charge is 0.242 e. The van der Waals surface area contributed by atoms with E-state index in [0.29, 0.717) is 25.5 Å². The van der Waals surface area contributed by atoms with Gasteiger partial charge in [0.15, 0.2) is 5.96 Å². The fraction of sp³-hybridized carbons (Fsp3) is 0.556. The van der Waals surface area contributed by atoms with Crippen molar-refractivity contribution in [3.05, 3.63) is 35.4 Å². The zero-order valence-corrected chi connectivity index (χ0v) is 19.2. The van der Waals surface area contributed by atoms with Crippen molar-refractivity contribution >= 4 is 45.7 Å². The number of fused-ring (bicyclic) bond motifs is 1. The van der Waals surface area contributed by atoms with Gasteiger partial charge in [0.2, 0.25) is 5.91 Å². The second-order valence-electron chi connectivity index (χ2n) is 6.72. The molecule has 0 radical (unpaired) electrons. The number of rotatable bonds is 6. The maximum absolute atomic E-state index is 12.5. The highest BCUT2D eigenvalue weighted by molar-refractivity contribution is 14.0. The fourth-order valence-electron chi connectivity index (χ4n) is 2.87. The van der Waals surface area contributed by atoms with Gasteiger partial charge in [-0.1, -0.05) is 24.3 Å². The van der Waals surface area contributed by atoms with Gasteiger partial charge in [0.25, 0.3) is 0 Å². The van der Waals surface area contributed by atoms with Crippen LogP contribution in [0.2, 0.25) is 0 Å². The summed E-state index contributed by atoms with van der Waals surface area (Å²) in [4.78, 5) is 18.4. The number of nitrogens with one attached hydrogen (secondary N) is 2. The Hall–Kier alpha value is -1.36. The number of carbonyl (C=O) groups is 1. The van der Waals surface area contributed by atoms with E-state index in [2.05, 4.69) is 27.8 Å². The molecule has 2 rings (SSSR count). The molecule has 1 aliphatic rings. The van der Waals surface area contributed by atoms with E-state index in [4.69, 9.17) is 0 Å². The van der Waals surface area contributed by atoms with Crippen LogP contribution in [0.3, 0.4) is 0 Å². The number of hydrogen-bond donors (Lipinski definition) is 2. The number of halogens is 1. The van der Waals surface area contributed by atoms with Crippen LogP contribution in [0.1, 0.15) is 24.5 Å². The number of aliphatic imine (C=N–C) groups is 1. The minimum Gasteiger partial charge on any atom is -0.354 e. The summed E-state index contributed by atoms with van der Waals surface area (Å²) < 4.78 is 22.5. The van der Waals surface area contributed by atoms with Crippen LogP contribution in [-0.4, -0.2) is 63.4 Å². The van der Waals surface area contributed by atoms with Crippen LogP contribution in [0.5, 0.6) is 0 Å². The van der Waals surface area contributed by atoms with Gasteiger partial charge in [0.1, 0.15) is 9.84 Å². The first-order valence-corrected chi connectivity index (χ1v) is 10.8. The molecule has 0 saturated heterocycles. The van der Waals surface area contributed by atoms with Crippen molar-refractivity contribution in [1.82, 2.24) is 15.5 Å². The summed E-state index contributed by atoms with van der Waals surface area (Å²) >= 11 is 0. The highest BCUT2D eigenvalue weighted by atomic mass is 127. The molecule has 152 valence electrons. The second kappa shape index (κ2) is 10.8. The molecule has 9 heteroatoms. The van der Waals surface area contributed by atoms with E-state index in [9.17, 15) is 13.2 Å². The van der Waals surface area contributed by atoms with Crippen LogP contribution in [0.25, 0.3) is 0 Å². The Kier molecular flexibility index (Phi) is 9.51. The molecule has 1 heterocycles. The third-order valence-electron chi connectivity index (χ3n) is 4.42. The highest BCUT2D eigenvalue weighted by Crippen LogP contribution is 2.18. The minimum atomic E-state index is -2.99. The van der Waals surface area contributed by atoms with Crippen molar-refractivity contribution in [2.24, 2.45) is 4.99 Å². The Bertz CT molecular complexity index is 768. The number of amides is 1. The molecule has 0 saturated carbocycles. The van der Waals surface area contributed by atoms with Gasteiger partial charge in [-0.05, 0) is 30.9 Å². The number of benzene rings is 1. The van der Waals surface area contributed by atoms with Gasteiger partial charge in [0.05, 0.1) is 12.3 Å². The molecule has 1 aromatic rings. The Morgan fingerprint density at radius 3 is 2.59 bits per heavy atom. The molecule has 0 spiro atoms. The molecular formula is C18H29IN4O3S. The number of guanidine groups is 1. The topological polar surface area (TPSA) is 90.9 Å². The van der Waals surface area contributed by atoms with Gasteiger partial charge in [-0.25, -0.2) is 8.42 Å². The van der Waals surface area contributed by atoms with E-state index in [0.717, 1.165) is 6.42 Å². The number of carbonyl (C=O) groups excluding carboxylic acids is 1. The first-order valence-electron chi connectivity index (χ1n) is 8.78. The highest BCUT2D eigenvalue weighted by Gasteiger charge is 2.20. The SMILES string of the molecule is CN=C(NCC(=O)N1CCc2ccccc2C1)NC(C)CCS(C)(=O)=O.I. The van der Waals surface area contributed by atoms with Crippen LogP contribution in [-0.2, 0) is 27.6 Å². The molecule has 27 heavy (non-hydrogen) atoms. The van der Waals surface area contributed by atoms with E-state index in [1.807, 2.05) is 24.0 Å². The summed E-state index contributed by atoms with van der Waals surface area (Å²) in [5, 5.41) is 6.13. The molecule has 0 bridgehead atoms. The van der Waals surface area contributed by atoms with Gasteiger partial charge in [-0.3, -0.25) is 9.79 Å². The van der Waals surface area contributed by atoms with Crippen LogP contribution in [0.4, 0.5) is 0 Å². The summed E-state index contributed by atoms with van der Waals surface area (Å²) in [6.45, 7) is 3.39. The predicted molar refractivity (Wildman–Crippen MR) is 119 cm³/mol. The van der Waals surface area contributed by atoms with Crippen molar-refractivity contribution in [3.63, 3.8) is 0 Å². The maximum atomic E-state index is 12.5. The molecule has 0 aromatic heterocycles. The first kappa shape index (κ1) is 23.7. The minimum absolute atomic E-state index is 0. The number of sulfone groups is 1. The maximum Gasteiger partial charge on any atom is 0.242 e. The molecule has 2 N–H and O–H groups in total. The van der Waals surface area contributed by atoms with E-state index in [-0.39, 0.29) is 48.2 Å². The lowest BCUT2D eigenvalue weighted by Gasteiger charge is -2.29. The van der Waals surface area contributed by atoms with Gasteiger partial charge in [-0.2, -0.15) is 0 Å². The van der Waals surface area contributed by atoms with Gasteiger partial charge in [-0.15, -0.1) is 24.0 Å². The van der Waals surface area contributed by atoms with Crippen LogP contribution in [0.15, 0.2) is 29.3 Å². The van der Waals surface area contributed by atoms with Gasteiger partial charge in [0, 0.05) is 32.4 Å². The number of hydrogen-bond acceptors (Lipinski definition) is 4. The van der Waals surface area contributed by atoms with E-state index >= 15 is 0 Å². The predicted octanol–water partition coefficient (Wildman–Crippen LogP) is 1.18. The van der Waals surface area contributed by atoms with Gasteiger partial charge < -0.3 is 15.5 Å². The Balaban J connectivity index is 0.00000364. The molecule has 0 aliphatic carbocycles. The Labute approximate surface area is 178 Å². The Morgan fingerprint density at radius 2 is 1.96 bits per heavy atom. The van der Waals surface area contributed by atoms with Crippen LogP contribution < -0.4 is 10.6 Å². The van der Waals surface area contributed by atoms with Crippen molar-refractivity contribution in [2.75, 3.05) is 32.1 Å². The molecule has 1 amide bonds. The third kappa shape index (κ3) is 8.04. The summed E-state index contributed by atoms with van der Waals surface area (Å²) in [6.07, 6.45) is 2.58. The summed E-state index contributed by atoms with van der Waals surface area (Å²) in [5.74, 6) is 0.632. The van der Waals surface area contributed by atoms with Crippen molar-refractivity contribution in [2.45, 2.75) is 32.4 Å². The summed E-state index contributed by atoms with van der Waals surface area (Å²) in [6, 6.07) is 8.13. The molecule has 1 atom stereocenters. The normalized spacial score (nSPS) is 15.4. The first-order chi connectivity index (χ1) is 12.3. The van der Waals surface area contributed by atoms with Crippen molar-refractivity contribution in [3.8, 4) is 0 Å². The standard InChI is InChI=1S/C18H28N4O3S.HI/c1-14(9-11-26(3,24)25)21-18(19-2)20-12-17(23)22-10-8-15-6-4-5-7-16(15)13-22;/h4-7,14H,8-13H2,1-3H3,(H2,19,20,21);1H. The van der Waals surface area contributed by atoms with Crippen LogP contribution >= 0.6 is 24.0 Å². The molecule has 7 nitrogen and oxygen atoms in total. The summed E-state index contributed by atoms with van der Waals surface area (Å²) in [5.41, 5.74) is 2.51.